The number of aromatic nitrogens is 1. The highest BCUT2D eigenvalue weighted by atomic mass is 16.6. The Hall–Kier alpha value is -2.18. The predicted octanol–water partition coefficient (Wildman–Crippen LogP) is 2.78. The maximum absolute atomic E-state index is 11.0. The molecule has 2 N–H and O–H groups in total. The minimum absolute atomic E-state index is 0.0583. The number of rotatable bonds is 5. The zero-order valence-corrected chi connectivity index (χ0v) is 12.0. The van der Waals surface area contributed by atoms with Crippen molar-refractivity contribution >= 4 is 17.5 Å². The first kappa shape index (κ1) is 15.9. The molecule has 0 amide bonds. The highest BCUT2D eigenvalue weighted by Crippen LogP contribution is 2.27. The quantitative estimate of drug-likeness (QED) is 0.635. The van der Waals surface area contributed by atoms with Gasteiger partial charge in [-0.15, -0.1) is 0 Å². The van der Waals surface area contributed by atoms with Gasteiger partial charge in [0.2, 0.25) is 5.82 Å². The molecule has 1 heterocycles. The molecule has 0 aliphatic carbocycles. The number of anilines is 1. The van der Waals surface area contributed by atoms with E-state index in [2.05, 4.69) is 31.1 Å². The lowest BCUT2D eigenvalue weighted by molar-refractivity contribution is -0.384. The molecule has 1 atom stereocenters. The minimum Gasteiger partial charge on any atom is -0.478 e. The summed E-state index contributed by atoms with van der Waals surface area (Å²) < 4.78 is 0. The first-order valence-corrected chi connectivity index (χ1v) is 6.24. The molecule has 0 aliphatic rings. The van der Waals surface area contributed by atoms with Crippen molar-refractivity contribution in [2.75, 3.05) is 11.9 Å². The summed E-state index contributed by atoms with van der Waals surface area (Å²) in [7, 11) is 0. The van der Waals surface area contributed by atoms with Gasteiger partial charge in [0.25, 0.3) is 0 Å². The molecule has 1 aromatic rings. The number of carbonyl (C=O) groups is 1. The van der Waals surface area contributed by atoms with Crippen molar-refractivity contribution in [2.24, 2.45) is 11.3 Å². The Morgan fingerprint density at radius 3 is 2.60 bits per heavy atom. The summed E-state index contributed by atoms with van der Waals surface area (Å²) >= 11 is 0. The number of aromatic carboxylic acids is 1. The van der Waals surface area contributed by atoms with Crippen LogP contribution < -0.4 is 5.32 Å². The van der Waals surface area contributed by atoms with Crippen molar-refractivity contribution in [1.82, 2.24) is 4.98 Å². The van der Waals surface area contributed by atoms with Crippen LogP contribution in [0.25, 0.3) is 0 Å². The van der Waals surface area contributed by atoms with Crippen LogP contribution in [0.15, 0.2) is 12.3 Å². The average molecular weight is 281 g/mol. The number of carboxylic acids is 1. The number of nitro groups is 1. The van der Waals surface area contributed by atoms with Gasteiger partial charge in [0.05, 0.1) is 10.5 Å². The van der Waals surface area contributed by atoms with Gasteiger partial charge in [-0.1, -0.05) is 27.7 Å². The number of nitrogens with zero attached hydrogens (tertiary/aromatic N) is 2. The third-order valence-corrected chi connectivity index (χ3v) is 3.37. The summed E-state index contributed by atoms with van der Waals surface area (Å²) in [5.74, 6) is -0.880. The molecular formula is C13H19N3O4. The van der Waals surface area contributed by atoms with Crippen molar-refractivity contribution < 1.29 is 14.8 Å². The Balaban J connectivity index is 2.95. The number of pyridine rings is 1. The molecule has 0 spiro atoms. The van der Waals surface area contributed by atoms with Gasteiger partial charge in [0.1, 0.15) is 0 Å². The molecule has 0 saturated carbocycles. The summed E-state index contributed by atoms with van der Waals surface area (Å²) in [5, 5.41) is 22.7. The second-order valence-corrected chi connectivity index (χ2v) is 5.80. The molecule has 7 nitrogen and oxygen atoms in total. The second-order valence-electron chi connectivity index (χ2n) is 5.80. The molecule has 0 fully saturated rings. The highest BCUT2D eigenvalue weighted by Gasteiger charge is 2.23. The van der Waals surface area contributed by atoms with Gasteiger partial charge < -0.3 is 10.4 Å². The highest BCUT2D eigenvalue weighted by molar-refractivity contribution is 5.88. The van der Waals surface area contributed by atoms with Gasteiger partial charge in [0, 0.05) is 18.8 Å². The van der Waals surface area contributed by atoms with Crippen LogP contribution in [0.1, 0.15) is 38.1 Å². The Morgan fingerprint density at radius 2 is 2.15 bits per heavy atom. The summed E-state index contributed by atoms with van der Waals surface area (Å²) in [6.07, 6.45) is 1.11. The Kier molecular flexibility index (Phi) is 4.65. The molecule has 0 saturated heterocycles. The van der Waals surface area contributed by atoms with E-state index in [0.29, 0.717) is 6.54 Å². The van der Waals surface area contributed by atoms with E-state index in [1.807, 2.05) is 6.92 Å². The Labute approximate surface area is 117 Å². The monoisotopic (exact) mass is 281 g/mol. The molecule has 0 radical (unpaired) electrons. The topological polar surface area (TPSA) is 105 Å². The fraction of sp³-hybridized carbons (Fsp3) is 0.538. The summed E-state index contributed by atoms with van der Waals surface area (Å²) in [6, 6.07) is 1.01. The van der Waals surface area contributed by atoms with Crippen LogP contribution in [0.5, 0.6) is 0 Å². The molecule has 1 unspecified atom stereocenters. The van der Waals surface area contributed by atoms with Gasteiger partial charge in [-0.3, -0.25) is 10.1 Å². The van der Waals surface area contributed by atoms with E-state index in [4.69, 9.17) is 5.11 Å². The van der Waals surface area contributed by atoms with Gasteiger partial charge >= 0.3 is 11.7 Å². The smallest absolute Gasteiger partial charge is 0.337 e. The van der Waals surface area contributed by atoms with Crippen molar-refractivity contribution in [3.63, 3.8) is 0 Å². The Bertz CT molecular complexity index is 523. The van der Waals surface area contributed by atoms with Gasteiger partial charge in [-0.05, 0) is 11.3 Å². The second kappa shape index (κ2) is 5.85. The fourth-order valence-corrected chi connectivity index (χ4v) is 1.40. The van der Waals surface area contributed by atoms with Crippen LogP contribution in [0.2, 0.25) is 0 Å². The lowest BCUT2D eigenvalue weighted by Gasteiger charge is -2.27. The van der Waals surface area contributed by atoms with E-state index in [1.54, 1.807) is 0 Å². The summed E-state index contributed by atoms with van der Waals surface area (Å²) in [6.45, 7) is 8.78. The molecule has 7 heteroatoms. The first-order valence-electron chi connectivity index (χ1n) is 6.24. The molecule has 0 aliphatic heterocycles. The normalized spacial score (nSPS) is 12.8. The van der Waals surface area contributed by atoms with Crippen LogP contribution in [0.3, 0.4) is 0 Å². The van der Waals surface area contributed by atoms with E-state index < -0.39 is 10.9 Å². The predicted molar refractivity (Wildman–Crippen MR) is 75.0 cm³/mol. The molecule has 1 aromatic heterocycles. The maximum atomic E-state index is 11.0. The lowest BCUT2D eigenvalue weighted by atomic mass is 9.82. The van der Waals surface area contributed by atoms with E-state index >= 15 is 0 Å². The third-order valence-electron chi connectivity index (χ3n) is 3.37. The zero-order chi connectivity index (χ0) is 15.5. The van der Waals surface area contributed by atoms with Crippen LogP contribution in [0.4, 0.5) is 11.5 Å². The zero-order valence-electron chi connectivity index (χ0n) is 12.0. The van der Waals surface area contributed by atoms with Gasteiger partial charge in [-0.25, -0.2) is 9.78 Å². The molecular weight excluding hydrogens is 262 g/mol. The summed E-state index contributed by atoms with van der Waals surface area (Å²) in [5.41, 5.74) is -0.472. The molecule has 1 rings (SSSR count). The lowest BCUT2D eigenvalue weighted by Crippen LogP contribution is -2.25. The van der Waals surface area contributed by atoms with Crippen molar-refractivity contribution in [1.29, 1.82) is 0 Å². The van der Waals surface area contributed by atoms with Crippen molar-refractivity contribution in [3.8, 4) is 0 Å². The number of hydrogen-bond acceptors (Lipinski definition) is 5. The fourth-order valence-electron chi connectivity index (χ4n) is 1.40. The maximum Gasteiger partial charge on any atom is 0.337 e. The number of carboxylic acid groups (broad SMARTS) is 1. The Morgan fingerprint density at radius 1 is 1.55 bits per heavy atom. The molecule has 110 valence electrons. The molecule has 0 bridgehead atoms. The van der Waals surface area contributed by atoms with E-state index in [1.165, 1.54) is 0 Å². The minimum atomic E-state index is -1.24. The van der Waals surface area contributed by atoms with Crippen LogP contribution in [0, 0.1) is 21.4 Å². The third kappa shape index (κ3) is 3.91. The standard InChI is InChI=1S/C13H19N3O4/c1-8(13(2,3)4)6-14-11-10(16(19)20)5-9(7-15-11)12(17)18/h5,7-8H,6H2,1-4H3,(H,14,15)(H,17,18). The average Bonchev–Trinajstić information content (AvgIpc) is 2.34. The first-order chi connectivity index (χ1) is 9.12. The van der Waals surface area contributed by atoms with Crippen LogP contribution >= 0.6 is 0 Å². The van der Waals surface area contributed by atoms with Crippen molar-refractivity contribution in [3.05, 3.63) is 27.9 Å². The van der Waals surface area contributed by atoms with E-state index in [0.717, 1.165) is 12.3 Å². The number of hydrogen-bond donors (Lipinski definition) is 2. The van der Waals surface area contributed by atoms with Crippen LogP contribution in [-0.2, 0) is 0 Å². The molecule has 20 heavy (non-hydrogen) atoms. The number of nitrogens with one attached hydrogen (secondary N) is 1. The van der Waals surface area contributed by atoms with E-state index in [-0.39, 0.29) is 28.4 Å². The SMILES string of the molecule is CC(CNc1ncc(C(=O)O)cc1[N+](=O)[O-])C(C)(C)C. The largest absolute Gasteiger partial charge is 0.478 e. The van der Waals surface area contributed by atoms with Gasteiger partial charge in [-0.2, -0.15) is 0 Å². The van der Waals surface area contributed by atoms with Gasteiger partial charge in [0.15, 0.2) is 0 Å². The summed E-state index contributed by atoms with van der Waals surface area (Å²) in [4.78, 5) is 25.0. The van der Waals surface area contributed by atoms with Crippen LogP contribution in [-0.4, -0.2) is 27.5 Å². The van der Waals surface area contributed by atoms with E-state index in [9.17, 15) is 14.9 Å². The van der Waals surface area contributed by atoms with Crippen molar-refractivity contribution in [2.45, 2.75) is 27.7 Å². The molecule has 0 aromatic carbocycles.